The highest BCUT2D eigenvalue weighted by molar-refractivity contribution is 14.0. The molecule has 0 bridgehead atoms. The predicted molar refractivity (Wildman–Crippen MR) is 128 cm³/mol. The van der Waals surface area contributed by atoms with Gasteiger partial charge in [-0.3, -0.25) is 9.79 Å². The number of hydrogen-bond acceptors (Lipinski definition) is 3. The molecule has 5 nitrogen and oxygen atoms in total. The summed E-state index contributed by atoms with van der Waals surface area (Å²) in [5, 5.41) is 11.5. The van der Waals surface area contributed by atoms with Crippen molar-refractivity contribution in [3.63, 3.8) is 0 Å². The van der Waals surface area contributed by atoms with Gasteiger partial charge in [-0.15, -0.1) is 35.3 Å². The van der Waals surface area contributed by atoms with E-state index in [2.05, 4.69) is 53.2 Å². The highest BCUT2D eigenvalue weighted by Crippen LogP contribution is 2.48. The fourth-order valence-corrected chi connectivity index (χ4v) is 3.68. The summed E-state index contributed by atoms with van der Waals surface area (Å²) in [7, 11) is 0. The Morgan fingerprint density at radius 3 is 2.46 bits per heavy atom. The highest BCUT2D eigenvalue weighted by Gasteiger charge is 2.43. The Morgan fingerprint density at radius 1 is 1.07 bits per heavy atom. The fraction of sp³-hybridized carbons (Fsp3) is 0.429. The van der Waals surface area contributed by atoms with Crippen molar-refractivity contribution in [1.82, 2.24) is 16.0 Å². The summed E-state index contributed by atoms with van der Waals surface area (Å²) in [4.78, 5) is 17.5. The van der Waals surface area contributed by atoms with E-state index in [1.165, 1.54) is 29.7 Å². The lowest BCUT2D eigenvalue weighted by molar-refractivity contribution is 0.0957. The lowest BCUT2D eigenvalue weighted by Gasteiger charge is -2.16. The van der Waals surface area contributed by atoms with Crippen molar-refractivity contribution in [2.45, 2.75) is 31.6 Å². The zero-order valence-corrected chi connectivity index (χ0v) is 19.4. The average molecular weight is 512 g/mol. The van der Waals surface area contributed by atoms with E-state index in [4.69, 9.17) is 4.99 Å². The summed E-state index contributed by atoms with van der Waals surface area (Å²) < 4.78 is 0. The van der Waals surface area contributed by atoms with Crippen molar-refractivity contribution in [3.05, 3.63) is 58.3 Å². The topological polar surface area (TPSA) is 65.5 Å². The molecule has 1 aromatic heterocycles. The van der Waals surface area contributed by atoms with Gasteiger partial charge in [-0.05, 0) is 43.2 Å². The minimum atomic E-state index is 0. The Hall–Kier alpha value is -1.61. The van der Waals surface area contributed by atoms with Crippen LogP contribution in [0.5, 0.6) is 0 Å². The number of rotatable bonds is 9. The van der Waals surface area contributed by atoms with Gasteiger partial charge in [0.25, 0.3) is 5.91 Å². The maximum absolute atomic E-state index is 11.9. The summed E-state index contributed by atoms with van der Waals surface area (Å²) in [6.07, 6.45) is 3.26. The molecule has 28 heavy (non-hydrogen) atoms. The predicted octanol–water partition coefficient (Wildman–Crippen LogP) is 3.77. The van der Waals surface area contributed by atoms with E-state index in [1.54, 1.807) is 0 Å². The van der Waals surface area contributed by atoms with E-state index in [1.807, 2.05) is 17.5 Å². The van der Waals surface area contributed by atoms with Crippen LogP contribution in [0.1, 0.15) is 41.4 Å². The van der Waals surface area contributed by atoms with E-state index in [0.29, 0.717) is 6.54 Å². The van der Waals surface area contributed by atoms with E-state index in [-0.39, 0.29) is 35.3 Å². The second-order valence-corrected chi connectivity index (χ2v) is 7.80. The quantitative estimate of drug-likeness (QED) is 0.208. The first-order valence-corrected chi connectivity index (χ1v) is 10.5. The summed E-state index contributed by atoms with van der Waals surface area (Å²) >= 11 is 1.46. The normalized spacial score (nSPS) is 14.7. The van der Waals surface area contributed by atoms with E-state index < -0.39 is 0 Å². The van der Waals surface area contributed by atoms with Gasteiger partial charge in [0.1, 0.15) is 0 Å². The first-order valence-electron chi connectivity index (χ1n) is 9.63. The van der Waals surface area contributed by atoms with Gasteiger partial charge in [0.2, 0.25) is 0 Å². The summed E-state index contributed by atoms with van der Waals surface area (Å²) in [5.41, 5.74) is 1.61. The standard InChI is InChI=1S/C21H28N4OS.HI/c1-2-22-20(24-14-7-13-23-19(26)18-10-6-15-27-18)25-16-21(11-12-21)17-8-4-3-5-9-17;/h3-6,8-10,15H,2,7,11-14,16H2,1H3,(H,23,26)(H2,22,24,25);1H. The zero-order valence-electron chi connectivity index (χ0n) is 16.2. The first kappa shape index (κ1) is 22.7. The molecule has 1 heterocycles. The number of carbonyl (C=O) groups excluding carboxylic acids is 1. The minimum Gasteiger partial charge on any atom is -0.357 e. The summed E-state index contributed by atoms with van der Waals surface area (Å²) in [6.45, 7) is 5.13. The maximum atomic E-state index is 11.9. The van der Waals surface area contributed by atoms with E-state index in [0.717, 1.165) is 36.9 Å². The molecule has 152 valence electrons. The van der Waals surface area contributed by atoms with Crippen LogP contribution in [0.4, 0.5) is 0 Å². The van der Waals surface area contributed by atoms with E-state index >= 15 is 0 Å². The molecule has 1 fully saturated rings. The molecule has 0 aliphatic heterocycles. The van der Waals surface area contributed by atoms with Gasteiger partial charge >= 0.3 is 0 Å². The third kappa shape index (κ3) is 6.48. The minimum absolute atomic E-state index is 0. The fourth-order valence-electron chi connectivity index (χ4n) is 3.04. The number of amides is 1. The molecular formula is C21H29IN4OS. The lowest BCUT2D eigenvalue weighted by atomic mass is 9.96. The Kier molecular flexibility index (Phi) is 9.24. The largest absolute Gasteiger partial charge is 0.357 e. The number of guanidine groups is 1. The third-order valence-corrected chi connectivity index (χ3v) is 5.67. The Morgan fingerprint density at radius 2 is 1.82 bits per heavy atom. The van der Waals surface area contributed by atoms with Crippen molar-refractivity contribution in [2.24, 2.45) is 4.99 Å². The molecule has 1 aliphatic rings. The van der Waals surface area contributed by atoms with Crippen LogP contribution in [0.25, 0.3) is 0 Å². The Labute approximate surface area is 188 Å². The summed E-state index contributed by atoms with van der Waals surface area (Å²) in [5.74, 6) is 0.855. The number of hydrogen-bond donors (Lipinski definition) is 3. The molecule has 1 aliphatic carbocycles. The van der Waals surface area contributed by atoms with Gasteiger partial charge in [-0.25, -0.2) is 0 Å². The molecule has 3 N–H and O–H groups in total. The number of nitrogens with one attached hydrogen (secondary N) is 3. The Bertz CT molecular complexity index is 745. The van der Waals surface area contributed by atoms with Crippen LogP contribution < -0.4 is 16.0 Å². The molecule has 0 radical (unpaired) electrons. The number of nitrogens with zero attached hydrogens (tertiary/aromatic N) is 1. The molecule has 7 heteroatoms. The van der Waals surface area contributed by atoms with Crippen LogP contribution in [-0.2, 0) is 5.41 Å². The molecule has 0 saturated heterocycles. The van der Waals surface area contributed by atoms with Crippen LogP contribution in [-0.4, -0.2) is 38.0 Å². The molecule has 1 saturated carbocycles. The van der Waals surface area contributed by atoms with Crippen molar-refractivity contribution >= 4 is 47.2 Å². The zero-order chi connectivity index (χ0) is 19.0. The van der Waals surface area contributed by atoms with Crippen LogP contribution in [0.2, 0.25) is 0 Å². The molecule has 3 rings (SSSR count). The number of carbonyl (C=O) groups is 1. The smallest absolute Gasteiger partial charge is 0.261 e. The lowest BCUT2D eigenvalue weighted by Crippen LogP contribution is -2.39. The number of benzene rings is 1. The van der Waals surface area contributed by atoms with Gasteiger partial charge in [-0.2, -0.15) is 0 Å². The SMILES string of the molecule is CCNC(=NCC1(c2ccccc2)CC1)NCCCNC(=O)c1cccs1.I. The highest BCUT2D eigenvalue weighted by atomic mass is 127. The third-order valence-electron chi connectivity index (χ3n) is 4.80. The van der Waals surface area contributed by atoms with Crippen LogP contribution in [0.15, 0.2) is 52.8 Å². The van der Waals surface area contributed by atoms with Gasteiger partial charge in [0.15, 0.2) is 5.96 Å². The molecule has 1 aromatic carbocycles. The van der Waals surface area contributed by atoms with Gasteiger partial charge in [-0.1, -0.05) is 36.4 Å². The first-order chi connectivity index (χ1) is 13.2. The van der Waals surface area contributed by atoms with Crippen LogP contribution in [0, 0.1) is 0 Å². The van der Waals surface area contributed by atoms with Crippen LogP contribution in [0.3, 0.4) is 0 Å². The second kappa shape index (κ2) is 11.4. The van der Waals surface area contributed by atoms with Crippen molar-refractivity contribution in [3.8, 4) is 0 Å². The van der Waals surface area contributed by atoms with Gasteiger partial charge in [0.05, 0.1) is 11.4 Å². The van der Waals surface area contributed by atoms with Gasteiger partial charge < -0.3 is 16.0 Å². The second-order valence-electron chi connectivity index (χ2n) is 6.86. The molecule has 2 aromatic rings. The summed E-state index contributed by atoms with van der Waals surface area (Å²) in [6, 6.07) is 14.4. The number of aliphatic imine (C=N–C) groups is 1. The van der Waals surface area contributed by atoms with Crippen molar-refractivity contribution < 1.29 is 4.79 Å². The van der Waals surface area contributed by atoms with Crippen LogP contribution >= 0.6 is 35.3 Å². The monoisotopic (exact) mass is 512 g/mol. The molecule has 0 atom stereocenters. The van der Waals surface area contributed by atoms with Crippen molar-refractivity contribution in [2.75, 3.05) is 26.2 Å². The molecule has 1 amide bonds. The molecule has 0 unspecified atom stereocenters. The van der Waals surface area contributed by atoms with Gasteiger partial charge in [0, 0.05) is 25.0 Å². The average Bonchev–Trinajstić information content (AvgIpc) is 3.29. The maximum Gasteiger partial charge on any atom is 0.261 e. The molecule has 0 spiro atoms. The number of halogens is 1. The van der Waals surface area contributed by atoms with E-state index in [9.17, 15) is 4.79 Å². The Balaban J connectivity index is 0.00000280. The molecular weight excluding hydrogens is 483 g/mol. The number of thiophene rings is 1. The van der Waals surface area contributed by atoms with Crippen molar-refractivity contribution in [1.29, 1.82) is 0 Å².